The van der Waals surface area contributed by atoms with Gasteiger partial charge in [-0.1, -0.05) is 81.1 Å². The van der Waals surface area contributed by atoms with Crippen LogP contribution in [-0.4, -0.2) is 12.1 Å². The largest absolute Gasteiger partial charge is 0.458 e. The minimum Gasteiger partial charge on any atom is -0.458 e. The molecule has 0 amide bonds. The summed E-state index contributed by atoms with van der Waals surface area (Å²) in [6.45, 7) is 7.69. The molecule has 0 N–H and O–H groups in total. The molecule has 0 saturated heterocycles. The molecule has 0 radical (unpaired) electrons. The normalized spacial score (nSPS) is 14.6. The zero-order valence-electron chi connectivity index (χ0n) is 13.1. The first-order valence-corrected chi connectivity index (χ1v) is 7.56. The molecule has 22 heavy (non-hydrogen) atoms. The Morgan fingerprint density at radius 2 is 1.32 bits per heavy atom. The number of hydrogen-bond acceptors (Lipinski definition) is 2. The lowest BCUT2D eigenvalue weighted by Crippen LogP contribution is -2.28. The van der Waals surface area contributed by atoms with E-state index < -0.39 is 0 Å². The van der Waals surface area contributed by atoms with Gasteiger partial charge >= 0.3 is 5.97 Å². The van der Waals surface area contributed by atoms with Gasteiger partial charge in [0.1, 0.15) is 6.10 Å². The van der Waals surface area contributed by atoms with Crippen LogP contribution >= 0.6 is 0 Å². The van der Waals surface area contributed by atoms with Gasteiger partial charge in [-0.15, -0.1) is 0 Å². The van der Waals surface area contributed by atoms with Gasteiger partial charge in [0.15, 0.2) is 0 Å². The van der Waals surface area contributed by atoms with Crippen LogP contribution in [0.5, 0.6) is 0 Å². The standard InChI is InChI=1S/C20H22O2/c1-4-19(21)22-20(15(2)17-11-7-5-8-12-17)16(3)18-13-9-6-10-14-18/h4-16,20H,1H2,2-3H3. The van der Waals surface area contributed by atoms with E-state index in [1.807, 2.05) is 36.4 Å². The van der Waals surface area contributed by atoms with Gasteiger partial charge in [-0.25, -0.2) is 4.79 Å². The Kier molecular flexibility index (Phi) is 5.54. The van der Waals surface area contributed by atoms with E-state index >= 15 is 0 Å². The van der Waals surface area contributed by atoms with Crippen molar-refractivity contribution in [3.8, 4) is 0 Å². The number of benzene rings is 2. The van der Waals surface area contributed by atoms with Crippen LogP contribution in [0.3, 0.4) is 0 Å². The Morgan fingerprint density at radius 1 is 0.909 bits per heavy atom. The van der Waals surface area contributed by atoms with Crippen molar-refractivity contribution in [3.63, 3.8) is 0 Å². The molecule has 2 atom stereocenters. The maximum absolute atomic E-state index is 11.8. The van der Waals surface area contributed by atoms with Gasteiger partial charge in [-0.05, 0) is 11.1 Å². The number of ether oxygens (including phenoxy) is 1. The van der Waals surface area contributed by atoms with Crippen molar-refractivity contribution >= 4 is 5.97 Å². The fourth-order valence-electron chi connectivity index (χ4n) is 2.71. The first-order chi connectivity index (χ1) is 10.6. The van der Waals surface area contributed by atoms with Crippen LogP contribution in [0.25, 0.3) is 0 Å². The van der Waals surface area contributed by atoms with E-state index in [2.05, 4.69) is 44.7 Å². The summed E-state index contributed by atoms with van der Waals surface area (Å²) in [4.78, 5) is 11.8. The second-order valence-electron chi connectivity index (χ2n) is 5.50. The SMILES string of the molecule is C=CC(=O)OC(C(C)c1ccccc1)C(C)c1ccccc1. The molecule has 2 aromatic carbocycles. The molecule has 0 bridgehead atoms. The lowest BCUT2D eigenvalue weighted by molar-refractivity contribution is -0.145. The Morgan fingerprint density at radius 3 is 1.68 bits per heavy atom. The second kappa shape index (κ2) is 7.60. The Labute approximate surface area is 132 Å². The van der Waals surface area contributed by atoms with Gasteiger partial charge in [0, 0.05) is 17.9 Å². The average Bonchev–Trinajstić information content (AvgIpc) is 2.59. The molecule has 2 heteroatoms. The molecule has 0 fully saturated rings. The van der Waals surface area contributed by atoms with Gasteiger partial charge in [-0.2, -0.15) is 0 Å². The summed E-state index contributed by atoms with van der Waals surface area (Å²) in [7, 11) is 0. The smallest absolute Gasteiger partial charge is 0.330 e. The number of esters is 1. The first kappa shape index (κ1) is 16.0. The lowest BCUT2D eigenvalue weighted by Gasteiger charge is -2.29. The third-order valence-electron chi connectivity index (χ3n) is 4.06. The van der Waals surface area contributed by atoms with E-state index in [4.69, 9.17) is 4.74 Å². The molecular weight excluding hydrogens is 272 g/mol. The molecular formula is C20H22O2. The quantitative estimate of drug-likeness (QED) is 0.570. The zero-order valence-corrected chi connectivity index (χ0v) is 13.1. The van der Waals surface area contributed by atoms with Crippen molar-refractivity contribution in [2.75, 3.05) is 0 Å². The van der Waals surface area contributed by atoms with Crippen molar-refractivity contribution in [1.82, 2.24) is 0 Å². The predicted molar refractivity (Wildman–Crippen MR) is 89.8 cm³/mol. The zero-order chi connectivity index (χ0) is 15.9. The minimum absolute atomic E-state index is 0.0975. The number of hydrogen-bond donors (Lipinski definition) is 0. The molecule has 0 aromatic heterocycles. The average molecular weight is 294 g/mol. The monoisotopic (exact) mass is 294 g/mol. The summed E-state index contributed by atoms with van der Waals surface area (Å²) in [5.74, 6) is -0.184. The molecule has 2 rings (SSSR count). The lowest BCUT2D eigenvalue weighted by atomic mass is 9.84. The highest BCUT2D eigenvalue weighted by molar-refractivity contribution is 5.81. The van der Waals surface area contributed by atoms with Crippen molar-refractivity contribution in [2.45, 2.75) is 31.8 Å². The molecule has 0 aliphatic rings. The van der Waals surface area contributed by atoms with Gasteiger partial charge in [0.25, 0.3) is 0 Å². The van der Waals surface area contributed by atoms with Crippen molar-refractivity contribution < 1.29 is 9.53 Å². The molecule has 0 heterocycles. The molecule has 0 saturated carbocycles. The number of carbonyl (C=O) groups is 1. The summed E-state index contributed by atoms with van der Waals surface area (Å²) in [5.41, 5.74) is 2.32. The summed E-state index contributed by atoms with van der Waals surface area (Å²) in [5, 5.41) is 0. The topological polar surface area (TPSA) is 26.3 Å². The van der Waals surface area contributed by atoms with E-state index in [1.165, 1.54) is 6.08 Å². The van der Waals surface area contributed by atoms with Crippen LogP contribution in [0, 0.1) is 0 Å². The van der Waals surface area contributed by atoms with Gasteiger partial charge in [-0.3, -0.25) is 0 Å². The highest BCUT2D eigenvalue weighted by Gasteiger charge is 2.29. The maximum atomic E-state index is 11.8. The minimum atomic E-state index is -0.379. The van der Waals surface area contributed by atoms with Gasteiger partial charge in [0.05, 0.1) is 0 Å². The molecule has 2 nitrogen and oxygen atoms in total. The molecule has 2 unspecified atom stereocenters. The summed E-state index contributed by atoms with van der Waals surface area (Å²) >= 11 is 0. The van der Waals surface area contributed by atoms with Crippen LogP contribution in [0.15, 0.2) is 73.3 Å². The van der Waals surface area contributed by atoms with E-state index in [0.29, 0.717) is 0 Å². The van der Waals surface area contributed by atoms with Crippen molar-refractivity contribution in [3.05, 3.63) is 84.4 Å². The third kappa shape index (κ3) is 3.85. The predicted octanol–water partition coefficient (Wildman–Crippen LogP) is 4.69. The summed E-state index contributed by atoms with van der Waals surface area (Å²) in [6, 6.07) is 20.3. The number of carbonyl (C=O) groups excluding carboxylic acids is 1. The van der Waals surface area contributed by atoms with Crippen LogP contribution in [0.2, 0.25) is 0 Å². The number of rotatable bonds is 6. The Bertz CT molecular complexity index is 559. The molecule has 0 aliphatic carbocycles. The summed E-state index contributed by atoms with van der Waals surface area (Å²) < 4.78 is 5.68. The third-order valence-corrected chi connectivity index (χ3v) is 4.06. The fourth-order valence-corrected chi connectivity index (χ4v) is 2.71. The van der Waals surface area contributed by atoms with Crippen LogP contribution in [0.1, 0.15) is 36.8 Å². The summed E-state index contributed by atoms with van der Waals surface area (Å²) in [6.07, 6.45) is 0.984. The Hall–Kier alpha value is -2.35. The van der Waals surface area contributed by atoms with Crippen molar-refractivity contribution in [2.24, 2.45) is 0 Å². The molecule has 114 valence electrons. The van der Waals surface area contributed by atoms with Crippen LogP contribution in [0.4, 0.5) is 0 Å². The van der Waals surface area contributed by atoms with Gasteiger partial charge in [0.2, 0.25) is 0 Å². The van der Waals surface area contributed by atoms with Crippen LogP contribution in [-0.2, 0) is 9.53 Å². The highest BCUT2D eigenvalue weighted by Crippen LogP contribution is 2.32. The van der Waals surface area contributed by atoms with Gasteiger partial charge < -0.3 is 4.74 Å². The van der Waals surface area contributed by atoms with E-state index in [1.54, 1.807) is 0 Å². The molecule has 0 aliphatic heterocycles. The van der Waals surface area contributed by atoms with Crippen molar-refractivity contribution in [1.29, 1.82) is 0 Å². The van der Waals surface area contributed by atoms with E-state index in [-0.39, 0.29) is 23.9 Å². The maximum Gasteiger partial charge on any atom is 0.330 e. The van der Waals surface area contributed by atoms with E-state index in [0.717, 1.165) is 11.1 Å². The molecule has 2 aromatic rings. The van der Waals surface area contributed by atoms with Crippen LogP contribution < -0.4 is 0 Å². The first-order valence-electron chi connectivity index (χ1n) is 7.56. The highest BCUT2D eigenvalue weighted by atomic mass is 16.5. The van der Waals surface area contributed by atoms with E-state index in [9.17, 15) is 4.79 Å². The Balaban J connectivity index is 2.30. The molecule has 0 spiro atoms. The second-order valence-corrected chi connectivity index (χ2v) is 5.50. The fraction of sp³-hybridized carbons (Fsp3) is 0.250.